The van der Waals surface area contributed by atoms with E-state index in [9.17, 15) is 9.59 Å². The number of carbonyl (C=O) groups excluding carboxylic acids is 2. The maximum Gasteiger partial charge on any atom is 0.407 e. The Bertz CT molecular complexity index is 364. The number of carbonyl (C=O) groups is 2. The number of ketones is 1. The molecular formula is C12H23N5O3. The topological polar surface area (TPSA) is 116 Å². The molecule has 20 heavy (non-hydrogen) atoms. The summed E-state index contributed by atoms with van der Waals surface area (Å²) in [6.07, 6.45) is -0.634. The third-order valence-corrected chi connectivity index (χ3v) is 2.39. The van der Waals surface area contributed by atoms with Gasteiger partial charge in [0.2, 0.25) is 0 Å². The van der Waals surface area contributed by atoms with Gasteiger partial charge in [-0.2, -0.15) is 0 Å². The van der Waals surface area contributed by atoms with Crippen molar-refractivity contribution in [2.75, 3.05) is 19.7 Å². The summed E-state index contributed by atoms with van der Waals surface area (Å²) >= 11 is 0. The average Bonchev–Trinajstić information content (AvgIpc) is 2.38. The van der Waals surface area contributed by atoms with E-state index in [1.54, 1.807) is 0 Å². The third kappa shape index (κ3) is 8.34. The van der Waals surface area contributed by atoms with Crippen LogP contribution in [0.1, 0.15) is 27.7 Å². The second kappa shape index (κ2) is 10.1. The molecule has 0 saturated heterocycles. The van der Waals surface area contributed by atoms with Gasteiger partial charge in [-0.15, -0.1) is 0 Å². The number of hydrogen-bond acceptors (Lipinski definition) is 5. The predicted octanol–water partition coefficient (Wildman–Crippen LogP) is 1.61. The second-order valence-electron chi connectivity index (χ2n) is 4.90. The molecule has 0 aromatic heterocycles. The standard InChI is InChI=1S/C12H23N5O3/c1-8(2)11(18)10(16-9(3)4)7-14-12(19)20-6-5-15-17-13/h8-10,16H,5-7H2,1-4H3,(H,14,19)/t10-/m0/s1. The van der Waals surface area contributed by atoms with E-state index in [0.29, 0.717) is 0 Å². The van der Waals surface area contributed by atoms with E-state index < -0.39 is 12.1 Å². The van der Waals surface area contributed by atoms with E-state index in [-0.39, 0.29) is 37.4 Å². The molecule has 8 nitrogen and oxygen atoms in total. The first-order valence-electron chi connectivity index (χ1n) is 6.59. The molecule has 0 heterocycles. The highest BCUT2D eigenvalue weighted by atomic mass is 16.5. The lowest BCUT2D eigenvalue weighted by Crippen LogP contribution is -2.50. The van der Waals surface area contributed by atoms with Crippen molar-refractivity contribution in [1.82, 2.24) is 10.6 Å². The number of nitrogens with one attached hydrogen (secondary N) is 2. The molecule has 0 rings (SSSR count). The van der Waals surface area contributed by atoms with Crippen LogP contribution in [-0.4, -0.2) is 43.7 Å². The molecule has 0 aliphatic carbocycles. The van der Waals surface area contributed by atoms with Crippen LogP contribution >= 0.6 is 0 Å². The van der Waals surface area contributed by atoms with Gasteiger partial charge < -0.3 is 15.4 Å². The summed E-state index contributed by atoms with van der Waals surface area (Å²) in [6.45, 7) is 7.75. The van der Waals surface area contributed by atoms with Crippen LogP contribution in [0.15, 0.2) is 5.11 Å². The van der Waals surface area contributed by atoms with Crippen molar-refractivity contribution >= 4 is 11.9 Å². The van der Waals surface area contributed by atoms with Gasteiger partial charge in [-0.3, -0.25) is 4.79 Å². The van der Waals surface area contributed by atoms with E-state index in [1.807, 2.05) is 27.7 Å². The van der Waals surface area contributed by atoms with Crippen LogP contribution in [0.5, 0.6) is 0 Å². The first-order chi connectivity index (χ1) is 9.38. The molecule has 0 aromatic rings. The molecule has 0 aromatic carbocycles. The molecule has 2 N–H and O–H groups in total. The molecule has 1 amide bonds. The maximum atomic E-state index is 12.0. The van der Waals surface area contributed by atoms with Crippen LogP contribution in [0.4, 0.5) is 4.79 Å². The summed E-state index contributed by atoms with van der Waals surface area (Å²) in [6, 6.07) is -0.315. The molecule has 0 saturated carbocycles. The fourth-order valence-electron chi connectivity index (χ4n) is 1.51. The first-order valence-corrected chi connectivity index (χ1v) is 6.59. The van der Waals surface area contributed by atoms with Gasteiger partial charge >= 0.3 is 6.09 Å². The van der Waals surface area contributed by atoms with Gasteiger partial charge in [-0.05, 0) is 5.53 Å². The number of amides is 1. The third-order valence-electron chi connectivity index (χ3n) is 2.39. The minimum atomic E-state index is -0.634. The smallest absolute Gasteiger partial charge is 0.407 e. The van der Waals surface area contributed by atoms with Crippen LogP contribution in [0.3, 0.4) is 0 Å². The van der Waals surface area contributed by atoms with E-state index in [0.717, 1.165) is 0 Å². The molecule has 0 bridgehead atoms. The van der Waals surface area contributed by atoms with Gasteiger partial charge in [0, 0.05) is 23.4 Å². The van der Waals surface area contributed by atoms with E-state index in [4.69, 9.17) is 10.3 Å². The van der Waals surface area contributed by atoms with Gasteiger partial charge in [-0.25, -0.2) is 4.79 Å². The highest BCUT2D eigenvalue weighted by molar-refractivity contribution is 5.86. The number of azide groups is 1. The fourth-order valence-corrected chi connectivity index (χ4v) is 1.51. The van der Waals surface area contributed by atoms with Crippen LogP contribution in [0, 0.1) is 5.92 Å². The second-order valence-corrected chi connectivity index (χ2v) is 4.90. The number of nitrogens with zero attached hydrogens (tertiary/aromatic N) is 3. The number of alkyl carbamates (subject to hydrolysis) is 1. The molecule has 0 radical (unpaired) electrons. The zero-order chi connectivity index (χ0) is 15.5. The van der Waals surface area contributed by atoms with Gasteiger partial charge in [-0.1, -0.05) is 32.8 Å². The summed E-state index contributed by atoms with van der Waals surface area (Å²) < 4.78 is 4.79. The Balaban J connectivity index is 4.21. The number of hydrogen-bond donors (Lipinski definition) is 2. The highest BCUT2D eigenvalue weighted by Gasteiger charge is 2.22. The average molecular weight is 285 g/mol. The number of rotatable bonds is 9. The van der Waals surface area contributed by atoms with Crippen LogP contribution in [0.25, 0.3) is 10.4 Å². The molecule has 0 fully saturated rings. The van der Waals surface area contributed by atoms with E-state index in [1.165, 1.54) is 0 Å². The van der Waals surface area contributed by atoms with Gasteiger partial charge in [0.1, 0.15) is 0 Å². The predicted molar refractivity (Wildman–Crippen MR) is 75.3 cm³/mol. The van der Waals surface area contributed by atoms with Gasteiger partial charge in [0.05, 0.1) is 19.2 Å². The van der Waals surface area contributed by atoms with Crippen molar-refractivity contribution in [3.63, 3.8) is 0 Å². The van der Waals surface area contributed by atoms with Crippen LogP contribution < -0.4 is 10.6 Å². The van der Waals surface area contributed by atoms with Gasteiger partial charge in [0.15, 0.2) is 5.78 Å². The molecule has 0 aliphatic heterocycles. The minimum Gasteiger partial charge on any atom is -0.449 e. The van der Waals surface area contributed by atoms with Gasteiger partial charge in [0.25, 0.3) is 0 Å². The summed E-state index contributed by atoms with van der Waals surface area (Å²) in [7, 11) is 0. The Kier molecular flexibility index (Phi) is 9.15. The molecule has 114 valence electrons. The lowest BCUT2D eigenvalue weighted by molar-refractivity contribution is -0.124. The quantitative estimate of drug-likeness (QED) is 0.290. The van der Waals surface area contributed by atoms with Crippen LogP contribution in [0.2, 0.25) is 0 Å². The van der Waals surface area contributed by atoms with E-state index >= 15 is 0 Å². The van der Waals surface area contributed by atoms with Crippen molar-refractivity contribution in [3.05, 3.63) is 10.4 Å². The lowest BCUT2D eigenvalue weighted by atomic mass is 10.0. The van der Waals surface area contributed by atoms with E-state index in [2.05, 4.69) is 20.7 Å². The fraction of sp³-hybridized carbons (Fsp3) is 0.833. The molecule has 1 atom stereocenters. The first kappa shape index (κ1) is 18.2. The molecule has 0 spiro atoms. The Morgan fingerprint density at radius 3 is 2.45 bits per heavy atom. The van der Waals surface area contributed by atoms with Crippen molar-refractivity contribution in [1.29, 1.82) is 0 Å². The maximum absolute atomic E-state index is 12.0. The van der Waals surface area contributed by atoms with Crippen molar-refractivity contribution in [2.45, 2.75) is 39.8 Å². The zero-order valence-corrected chi connectivity index (χ0v) is 12.4. The number of ether oxygens (including phenoxy) is 1. The molecule has 0 aliphatic rings. The van der Waals surface area contributed by atoms with Crippen LogP contribution in [-0.2, 0) is 9.53 Å². The SMILES string of the molecule is CC(C)N[C@@H](CNC(=O)OCCN=[N+]=[N-])C(=O)C(C)C. The Morgan fingerprint density at radius 1 is 1.30 bits per heavy atom. The van der Waals surface area contributed by atoms with Crippen molar-refractivity contribution < 1.29 is 14.3 Å². The molecule has 0 unspecified atom stereocenters. The van der Waals surface area contributed by atoms with Crippen molar-refractivity contribution in [2.24, 2.45) is 11.0 Å². The molecule has 8 heteroatoms. The lowest BCUT2D eigenvalue weighted by Gasteiger charge is -2.22. The zero-order valence-electron chi connectivity index (χ0n) is 12.4. The Labute approximate surface area is 118 Å². The summed E-state index contributed by atoms with van der Waals surface area (Å²) in [5, 5.41) is 8.87. The Morgan fingerprint density at radius 2 is 1.95 bits per heavy atom. The summed E-state index contributed by atoms with van der Waals surface area (Å²) in [5.41, 5.74) is 8.06. The minimum absolute atomic E-state index is 0.0102. The largest absolute Gasteiger partial charge is 0.449 e. The highest BCUT2D eigenvalue weighted by Crippen LogP contribution is 2.01. The normalized spacial score (nSPS) is 11.9. The summed E-state index contributed by atoms with van der Waals surface area (Å²) in [5.74, 6) is -0.0814. The molecular weight excluding hydrogens is 262 g/mol. The summed E-state index contributed by atoms with van der Waals surface area (Å²) in [4.78, 5) is 25.9. The van der Waals surface area contributed by atoms with Crippen molar-refractivity contribution in [3.8, 4) is 0 Å². The number of Topliss-reactive ketones (excluding diaryl/α,β-unsaturated/α-hetero) is 1. The Hall–Kier alpha value is -1.79. The monoisotopic (exact) mass is 285 g/mol.